The molecule has 0 spiro atoms. The van der Waals surface area contributed by atoms with E-state index in [1.165, 1.54) is 45.0 Å². The van der Waals surface area contributed by atoms with E-state index in [9.17, 15) is 4.39 Å². The van der Waals surface area contributed by atoms with Crippen molar-refractivity contribution >= 4 is 5.96 Å². The second-order valence-electron chi connectivity index (χ2n) is 6.81. The van der Waals surface area contributed by atoms with Crippen LogP contribution in [0.5, 0.6) is 0 Å². The smallest absolute Gasteiger partial charge is 0.191 e. The lowest BCUT2D eigenvalue weighted by atomic mass is 9.97. The number of hydrogen-bond acceptors (Lipinski definition) is 2. The predicted molar refractivity (Wildman–Crippen MR) is 104 cm³/mol. The Morgan fingerprint density at radius 1 is 1.24 bits per heavy atom. The first-order valence-corrected chi connectivity index (χ1v) is 9.70. The van der Waals surface area contributed by atoms with E-state index in [1.54, 1.807) is 12.1 Å². The van der Waals surface area contributed by atoms with Gasteiger partial charge in [0, 0.05) is 19.6 Å². The highest BCUT2D eigenvalue weighted by Gasteiger charge is 2.18. The average molecular weight is 349 g/mol. The number of guanidine groups is 1. The summed E-state index contributed by atoms with van der Waals surface area (Å²) >= 11 is 0. The van der Waals surface area contributed by atoms with Gasteiger partial charge in [0.05, 0.1) is 0 Å². The maximum atomic E-state index is 13.2. The Balaban J connectivity index is 1.74. The van der Waals surface area contributed by atoms with Crippen LogP contribution in [0.1, 0.15) is 38.7 Å². The molecular weight excluding hydrogens is 315 g/mol. The summed E-state index contributed by atoms with van der Waals surface area (Å²) in [5, 5.41) is 6.67. The molecule has 0 amide bonds. The third-order valence-corrected chi connectivity index (χ3v) is 4.69. The van der Waals surface area contributed by atoms with E-state index in [0.29, 0.717) is 5.92 Å². The van der Waals surface area contributed by atoms with Gasteiger partial charge in [0.15, 0.2) is 5.96 Å². The molecule has 2 N–H and O–H groups in total. The lowest BCUT2D eigenvalue weighted by Gasteiger charge is -2.31. The Morgan fingerprint density at radius 3 is 2.72 bits per heavy atom. The number of rotatable bonds is 8. The number of nitrogens with one attached hydrogen (secondary N) is 2. The van der Waals surface area contributed by atoms with E-state index >= 15 is 0 Å². The van der Waals surface area contributed by atoms with Crippen LogP contribution < -0.4 is 10.6 Å². The van der Waals surface area contributed by atoms with Gasteiger partial charge in [-0.3, -0.25) is 4.99 Å². The molecule has 1 fully saturated rings. The van der Waals surface area contributed by atoms with Crippen molar-refractivity contribution in [1.29, 1.82) is 0 Å². The van der Waals surface area contributed by atoms with Crippen LogP contribution in [0.2, 0.25) is 0 Å². The number of benzene rings is 1. The Labute approximate surface area is 151 Å². The van der Waals surface area contributed by atoms with E-state index in [0.717, 1.165) is 37.6 Å². The molecule has 1 saturated heterocycles. The molecule has 0 aromatic heterocycles. The van der Waals surface area contributed by atoms with Crippen molar-refractivity contribution < 1.29 is 4.39 Å². The monoisotopic (exact) mass is 348 g/mol. The van der Waals surface area contributed by atoms with Gasteiger partial charge < -0.3 is 15.5 Å². The number of aliphatic imine (C=N–C) groups is 1. The molecule has 0 radical (unpaired) electrons. The molecule has 0 bridgehead atoms. The van der Waals surface area contributed by atoms with Crippen LogP contribution in [0.4, 0.5) is 4.39 Å². The van der Waals surface area contributed by atoms with Gasteiger partial charge in [-0.2, -0.15) is 0 Å². The Bertz CT molecular complexity index is 524. The second kappa shape index (κ2) is 11.1. The van der Waals surface area contributed by atoms with Crippen LogP contribution in [0.25, 0.3) is 0 Å². The molecule has 25 heavy (non-hydrogen) atoms. The van der Waals surface area contributed by atoms with Gasteiger partial charge >= 0.3 is 0 Å². The molecule has 1 aliphatic rings. The molecule has 1 aromatic rings. The molecule has 140 valence electrons. The zero-order valence-electron chi connectivity index (χ0n) is 15.7. The number of halogens is 1. The minimum atomic E-state index is -0.174. The first kappa shape index (κ1) is 19.7. The third-order valence-electron chi connectivity index (χ3n) is 4.69. The fourth-order valence-electron chi connectivity index (χ4n) is 3.29. The van der Waals surface area contributed by atoms with E-state index in [1.807, 2.05) is 6.07 Å². The SMILES string of the molecule is CCCN1CCC(CN=C(NCC)NCCc2cccc(F)c2)CC1. The predicted octanol–water partition coefficient (Wildman–Crippen LogP) is 3.05. The maximum absolute atomic E-state index is 13.2. The minimum Gasteiger partial charge on any atom is -0.357 e. The maximum Gasteiger partial charge on any atom is 0.191 e. The number of nitrogens with zero attached hydrogens (tertiary/aromatic N) is 2. The molecule has 0 aliphatic carbocycles. The Hall–Kier alpha value is -1.62. The molecule has 1 heterocycles. The van der Waals surface area contributed by atoms with Crippen LogP contribution in [-0.2, 0) is 6.42 Å². The zero-order chi connectivity index (χ0) is 17.9. The lowest BCUT2D eigenvalue weighted by molar-refractivity contribution is 0.188. The molecule has 5 heteroatoms. The van der Waals surface area contributed by atoms with Crippen LogP contribution >= 0.6 is 0 Å². The molecular formula is C20H33FN4. The fourth-order valence-corrected chi connectivity index (χ4v) is 3.29. The van der Waals surface area contributed by atoms with Gasteiger partial charge in [-0.1, -0.05) is 19.1 Å². The Morgan fingerprint density at radius 2 is 2.04 bits per heavy atom. The van der Waals surface area contributed by atoms with Crippen molar-refractivity contribution in [2.75, 3.05) is 39.3 Å². The summed E-state index contributed by atoms with van der Waals surface area (Å²) in [5.41, 5.74) is 1.01. The summed E-state index contributed by atoms with van der Waals surface area (Å²) in [5.74, 6) is 1.38. The topological polar surface area (TPSA) is 39.7 Å². The highest BCUT2D eigenvalue weighted by Crippen LogP contribution is 2.17. The van der Waals surface area contributed by atoms with Crippen LogP contribution in [0, 0.1) is 11.7 Å². The van der Waals surface area contributed by atoms with Crippen LogP contribution in [0.15, 0.2) is 29.3 Å². The summed E-state index contributed by atoms with van der Waals surface area (Å²) in [6.07, 6.45) is 4.51. The van der Waals surface area contributed by atoms with Crippen LogP contribution in [0.3, 0.4) is 0 Å². The standard InChI is InChI=1S/C20H33FN4/c1-3-12-25-13-9-18(10-14-25)16-24-20(22-4-2)23-11-8-17-6-5-7-19(21)15-17/h5-7,15,18H,3-4,8-14,16H2,1-2H3,(H2,22,23,24). The van der Waals surface area contributed by atoms with Crippen molar-refractivity contribution in [2.45, 2.75) is 39.5 Å². The number of likely N-dealkylation sites (tertiary alicyclic amines) is 1. The minimum absolute atomic E-state index is 0.174. The fraction of sp³-hybridized carbons (Fsp3) is 0.650. The molecule has 4 nitrogen and oxygen atoms in total. The number of piperidine rings is 1. The van der Waals surface area contributed by atoms with Gasteiger partial charge in [-0.25, -0.2) is 4.39 Å². The van der Waals surface area contributed by atoms with E-state index in [4.69, 9.17) is 4.99 Å². The second-order valence-corrected chi connectivity index (χ2v) is 6.81. The van der Waals surface area contributed by atoms with E-state index in [-0.39, 0.29) is 5.82 Å². The van der Waals surface area contributed by atoms with Crippen molar-refractivity contribution in [2.24, 2.45) is 10.9 Å². The van der Waals surface area contributed by atoms with E-state index < -0.39 is 0 Å². The summed E-state index contributed by atoms with van der Waals surface area (Å²) in [7, 11) is 0. The molecule has 1 aromatic carbocycles. The highest BCUT2D eigenvalue weighted by molar-refractivity contribution is 5.79. The van der Waals surface area contributed by atoms with Gasteiger partial charge in [0.2, 0.25) is 0 Å². The summed E-state index contributed by atoms with van der Waals surface area (Å²) in [4.78, 5) is 7.32. The summed E-state index contributed by atoms with van der Waals surface area (Å²) < 4.78 is 13.2. The molecule has 0 atom stereocenters. The van der Waals surface area contributed by atoms with Gasteiger partial charge in [-0.15, -0.1) is 0 Å². The van der Waals surface area contributed by atoms with Crippen molar-refractivity contribution in [3.63, 3.8) is 0 Å². The van der Waals surface area contributed by atoms with Gasteiger partial charge in [-0.05, 0) is 75.9 Å². The first-order chi connectivity index (χ1) is 12.2. The normalized spacial score (nSPS) is 16.8. The molecule has 0 unspecified atom stereocenters. The lowest BCUT2D eigenvalue weighted by Crippen LogP contribution is -2.39. The van der Waals surface area contributed by atoms with E-state index in [2.05, 4.69) is 29.4 Å². The quantitative estimate of drug-likeness (QED) is 0.560. The Kier molecular flexibility index (Phi) is 8.73. The van der Waals surface area contributed by atoms with Gasteiger partial charge in [0.1, 0.15) is 5.82 Å². The number of hydrogen-bond donors (Lipinski definition) is 2. The molecule has 1 aliphatic heterocycles. The van der Waals surface area contributed by atoms with Crippen molar-refractivity contribution in [3.8, 4) is 0 Å². The van der Waals surface area contributed by atoms with Crippen molar-refractivity contribution in [1.82, 2.24) is 15.5 Å². The molecule has 2 rings (SSSR count). The summed E-state index contributed by atoms with van der Waals surface area (Å²) in [6.45, 7) is 10.4. The molecule has 0 saturated carbocycles. The largest absolute Gasteiger partial charge is 0.357 e. The zero-order valence-corrected chi connectivity index (χ0v) is 15.7. The first-order valence-electron chi connectivity index (χ1n) is 9.70. The van der Waals surface area contributed by atoms with Crippen LogP contribution in [-0.4, -0.2) is 50.1 Å². The van der Waals surface area contributed by atoms with Gasteiger partial charge in [0.25, 0.3) is 0 Å². The average Bonchev–Trinajstić information content (AvgIpc) is 2.61. The summed E-state index contributed by atoms with van der Waals surface area (Å²) in [6, 6.07) is 6.79. The third kappa shape index (κ3) is 7.43. The van der Waals surface area contributed by atoms with Crippen molar-refractivity contribution in [3.05, 3.63) is 35.6 Å². The highest BCUT2D eigenvalue weighted by atomic mass is 19.1.